The number of amides is 2. The molecule has 2 amide bonds. The van der Waals surface area contributed by atoms with Crippen LogP contribution in [-0.4, -0.2) is 43.5 Å². The minimum atomic E-state index is -0.303. The molecule has 1 aliphatic rings. The van der Waals surface area contributed by atoms with E-state index in [0.717, 1.165) is 25.9 Å². The molecule has 0 radical (unpaired) electrons. The summed E-state index contributed by atoms with van der Waals surface area (Å²) < 4.78 is 5.25. The fourth-order valence-corrected chi connectivity index (χ4v) is 2.40. The van der Waals surface area contributed by atoms with Gasteiger partial charge in [-0.2, -0.15) is 0 Å². The third-order valence-electron chi connectivity index (χ3n) is 3.90. The van der Waals surface area contributed by atoms with E-state index in [2.05, 4.69) is 5.32 Å². The predicted molar refractivity (Wildman–Crippen MR) is 85.0 cm³/mol. The van der Waals surface area contributed by atoms with E-state index >= 15 is 0 Å². The van der Waals surface area contributed by atoms with Gasteiger partial charge in [-0.05, 0) is 31.0 Å². The molecule has 2 rings (SSSR count). The summed E-state index contributed by atoms with van der Waals surface area (Å²) >= 11 is 0. The number of anilines is 1. The standard InChI is InChI=1S/C16H23N3O3/c1-11(10-17)15(20)18-13-9-12(5-6-14(13)22-2)16(21)19-7-3-4-8-19/h5-6,9,11H,3-4,7-8,10,17H2,1-2H3,(H,18,20). The van der Waals surface area contributed by atoms with Crippen molar-refractivity contribution < 1.29 is 14.3 Å². The van der Waals surface area contributed by atoms with Crippen molar-refractivity contribution in [3.8, 4) is 5.75 Å². The SMILES string of the molecule is COc1ccc(C(=O)N2CCCC2)cc1NC(=O)C(C)CN. The Morgan fingerprint density at radius 3 is 2.64 bits per heavy atom. The molecule has 1 heterocycles. The molecule has 0 saturated carbocycles. The molecule has 0 aromatic heterocycles. The van der Waals surface area contributed by atoms with Crippen molar-refractivity contribution in [1.29, 1.82) is 0 Å². The van der Waals surface area contributed by atoms with Crippen LogP contribution in [0.25, 0.3) is 0 Å². The molecule has 3 N–H and O–H groups in total. The number of hydrogen-bond donors (Lipinski definition) is 2. The van der Waals surface area contributed by atoms with Gasteiger partial charge in [-0.15, -0.1) is 0 Å². The van der Waals surface area contributed by atoms with Crippen molar-refractivity contribution in [1.82, 2.24) is 4.90 Å². The minimum Gasteiger partial charge on any atom is -0.495 e. The van der Waals surface area contributed by atoms with Gasteiger partial charge in [0, 0.05) is 31.1 Å². The first kappa shape index (κ1) is 16.3. The lowest BCUT2D eigenvalue weighted by atomic mass is 10.1. The topological polar surface area (TPSA) is 84.7 Å². The van der Waals surface area contributed by atoms with Gasteiger partial charge in [-0.1, -0.05) is 6.92 Å². The van der Waals surface area contributed by atoms with Gasteiger partial charge < -0.3 is 20.7 Å². The van der Waals surface area contributed by atoms with Crippen LogP contribution in [-0.2, 0) is 4.79 Å². The summed E-state index contributed by atoms with van der Waals surface area (Å²) in [5.41, 5.74) is 6.56. The van der Waals surface area contributed by atoms with Crippen LogP contribution in [0.1, 0.15) is 30.1 Å². The zero-order valence-corrected chi connectivity index (χ0v) is 13.1. The molecular formula is C16H23N3O3. The predicted octanol–water partition coefficient (Wildman–Crippen LogP) is 1.46. The van der Waals surface area contributed by atoms with Crippen molar-refractivity contribution >= 4 is 17.5 Å². The highest BCUT2D eigenvalue weighted by Gasteiger charge is 2.21. The molecule has 0 spiro atoms. The van der Waals surface area contributed by atoms with Gasteiger partial charge in [-0.3, -0.25) is 9.59 Å². The Morgan fingerprint density at radius 1 is 1.36 bits per heavy atom. The lowest BCUT2D eigenvalue weighted by molar-refractivity contribution is -0.119. The summed E-state index contributed by atoms with van der Waals surface area (Å²) in [6.07, 6.45) is 2.08. The van der Waals surface area contributed by atoms with Crippen LogP contribution >= 0.6 is 0 Å². The first-order chi connectivity index (χ1) is 10.6. The van der Waals surface area contributed by atoms with E-state index < -0.39 is 0 Å². The zero-order valence-electron chi connectivity index (χ0n) is 13.1. The number of likely N-dealkylation sites (tertiary alicyclic amines) is 1. The molecule has 1 aromatic rings. The summed E-state index contributed by atoms with van der Waals surface area (Å²) in [4.78, 5) is 26.3. The second-order valence-electron chi connectivity index (χ2n) is 5.54. The largest absolute Gasteiger partial charge is 0.495 e. The number of methoxy groups -OCH3 is 1. The number of carbonyl (C=O) groups is 2. The number of ether oxygens (including phenoxy) is 1. The highest BCUT2D eigenvalue weighted by Crippen LogP contribution is 2.27. The summed E-state index contributed by atoms with van der Waals surface area (Å²) in [6.45, 7) is 3.59. The lowest BCUT2D eigenvalue weighted by Crippen LogP contribution is -2.28. The second-order valence-corrected chi connectivity index (χ2v) is 5.54. The van der Waals surface area contributed by atoms with Gasteiger partial charge in [0.1, 0.15) is 5.75 Å². The van der Waals surface area contributed by atoms with E-state index in [1.165, 1.54) is 7.11 Å². The van der Waals surface area contributed by atoms with Crippen molar-refractivity contribution in [2.24, 2.45) is 11.7 Å². The van der Waals surface area contributed by atoms with Gasteiger partial charge in [0.2, 0.25) is 5.91 Å². The van der Waals surface area contributed by atoms with Gasteiger partial charge in [0.25, 0.3) is 5.91 Å². The molecule has 22 heavy (non-hydrogen) atoms. The Hall–Kier alpha value is -2.08. The summed E-state index contributed by atoms with van der Waals surface area (Å²) in [5, 5.41) is 2.78. The molecule has 6 nitrogen and oxygen atoms in total. The number of carbonyl (C=O) groups excluding carboxylic acids is 2. The molecular weight excluding hydrogens is 282 g/mol. The van der Waals surface area contributed by atoms with Gasteiger partial charge in [0.05, 0.1) is 12.8 Å². The molecule has 1 fully saturated rings. The number of hydrogen-bond acceptors (Lipinski definition) is 4. The first-order valence-electron chi connectivity index (χ1n) is 7.55. The molecule has 0 aliphatic carbocycles. The van der Waals surface area contributed by atoms with Crippen LogP contribution in [0.2, 0.25) is 0 Å². The van der Waals surface area contributed by atoms with E-state index in [1.807, 2.05) is 4.90 Å². The fraction of sp³-hybridized carbons (Fsp3) is 0.500. The first-order valence-corrected chi connectivity index (χ1v) is 7.55. The monoisotopic (exact) mass is 305 g/mol. The molecule has 1 saturated heterocycles. The Labute approximate surface area is 130 Å². The number of nitrogens with zero attached hydrogens (tertiary/aromatic N) is 1. The Balaban J connectivity index is 2.21. The van der Waals surface area contributed by atoms with E-state index in [-0.39, 0.29) is 24.3 Å². The van der Waals surface area contributed by atoms with Crippen LogP contribution in [0.15, 0.2) is 18.2 Å². The van der Waals surface area contributed by atoms with Crippen LogP contribution < -0.4 is 15.8 Å². The summed E-state index contributed by atoms with van der Waals surface area (Å²) in [7, 11) is 1.53. The summed E-state index contributed by atoms with van der Waals surface area (Å²) in [5.74, 6) is 0.0206. The molecule has 120 valence electrons. The molecule has 0 bridgehead atoms. The number of nitrogens with one attached hydrogen (secondary N) is 1. The average molecular weight is 305 g/mol. The Morgan fingerprint density at radius 2 is 2.05 bits per heavy atom. The van der Waals surface area contributed by atoms with Gasteiger partial charge in [0.15, 0.2) is 0 Å². The van der Waals surface area contributed by atoms with Crippen molar-refractivity contribution in [2.45, 2.75) is 19.8 Å². The van der Waals surface area contributed by atoms with Gasteiger partial charge in [-0.25, -0.2) is 0 Å². The number of rotatable bonds is 5. The molecule has 1 atom stereocenters. The molecule has 1 unspecified atom stereocenters. The van der Waals surface area contributed by atoms with Crippen LogP contribution in [0.3, 0.4) is 0 Å². The summed E-state index contributed by atoms with van der Waals surface area (Å²) in [6, 6.07) is 5.09. The van der Waals surface area contributed by atoms with E-state index in [0.29, 0.717) is 17.0 Å². The van der Waals surface area contributed by atoms with Crippen molar-refractivity contribution in [3.63, 3.8) is 0 Å². The minimum absolute atomic E-state index is 0.0116. The van der Waals surface area contributed by atoms with Crippen LogP contribution in [0, 0.1) is 5.92 Å². The smallest absolute Gasteiger partial charge is 0.253 e. The molecule has 1 aromatic carbocycles. The van der Waals surface area contributed by atoms with Crippen molar-refractivity contribution in [2.75, 3.05) is 32.1 Å². The highest BCUT2D eigenvalue weighted by molar-refractivity contribution is 5.99. The lowest BCUT2D eigenvalue weighted by Gasteiger charge is -2.18. The molecule has 1 aliphatic heterocycles. The molecule has 6 heteroatoms. The third-order valence-corrected chi connectivity index (χ3v) is 3.90. The second kappa shape index (κ2) is 7.26. The quantitative estimate of drug-likeness (QED) is 0.862. The van der Waals surface area contributed by atoms with Crippen molar-refractivity contribution in [3.05, 3.63) is 23.8 Å². The number of benzene rings is 1. The van der Waals surface area contributed by atoms with E-state index in [1.54, 1.807) is 25.1 Å². The maximum atomic E-state index is 12.4. The zero-order chi connectivity index (χ0) is 16.1. The van der Waals surface area contributed by atoms with E-state index in [9.17, 15) is 9.59 Å². The maximum absolute atomic E-state index is 12.4. The Bertz CT molecular complexity index is 554. The fourth-order valence-electron chi connectivity index (χ4n) is 2.40. The van der Waals surface area contributed by atoms with Crippen LogP contribution in [0.4, 0.5) is 5.69 Å². The van der Waals surface area contributed by atoms with Gasteiger partial charge >= 0.3 is 0 Å². The normalized spacial score (nSPS) is 15.5. The van der Waals surface area contributed by atoms with E-state index in [4.69, 9.17) is 10.5 Å². The maximum Gasteiger partial charge on any atom is 0.253 e. The number of nitrogens with two attached hydrogens (primary N) is 1. The highest BCUT2D eigenvalue weighted by atomic mass is 16.5. The third kappa shape index (κ3) is 3.57. The average Bonchev–Trinajstić information content (AvgIpc) is 3.07. The van der Waals surface area contributed by atoms with Crippen LogP contribution in [0.5, 0.6) is 5.75 Å². The Kier molecular flexibility index (Phi) is 5.38.